The van der Waals surface area contributed by atoms with Crippen LogP contribution in [0.3, 0.4) is 0 Å². The Labute approximate surface area is 162 Å². The first-order chi connectivity index (χ1) is 11.4. The first kappa shape index (κ1) is 17.8. The summed E-state index contributed by atoms with van der Waals surface area (Å²) in [6.45, 7) is 0. The minimum atomic E-state index is -1.67. The van der Waals surface area contributed by atoms with Gasteiger partial charge in [-0.25, -0.2) is 4.98 Å². The van der Waals surface area contributed by atoms with Crippen LogP contribution in [0.5, 0.6) is 0 Å². The van der Waals surface area contributed by atoms with Gasteiger partial charge in [0.05, 0.1) is 10.2 Å². The molecule has 0 radical (unpaired) electrons. The molecule has 2 aromatic carbocycles. The Kier molecular flexibility index (Phi) is 5.57. The molecular weight excluding hydrogens is 407 g/mol. The fourth-order valence-electron chi connectivity index (χ4n) is 1.97. The second-order valence-corrected chi connectivity index (χ2v) is 9.58. The molecule has 3 rings (SSSR count). The van der Waals surface area contributed by atoms with Gasteiger partial charge in [0.15, 0.2) is 4.34 Å². The van der Waals surface area contributed by atoms with Crippen molar-refractivity contribution in [2.75, 3.05) is 0 Å². The van der Waals surface area contributed by atoms with Crippen molar-refractivity contribution in [2.24, 2.45) is 0 Å². The number of para-hydroxylation sites is 1. The van der Waals surface area contributed by atoms with E-state index >= 15 is 0 Å². The number of alkyl halides is 3. The molecule has 0 saturated heterocycles. The topological polar surface area (TPSA) is 42.0 Å². The van der Waals surface area contributed by atoms with Gasteiger partial charge in [-0.05, 0) is 24.3 Å². The molecular formula is C16H11Cl3N2OS2. The van der Waals surface area contributed by atoms with Crippen molar-refractivity contribution in [3.63, 3.8) is 0 Å². The number of carbonyl (C=O) groups excluding carboxylic acids is 1. The third kappa shape index (κ3) is 4.35. The molecule has 0 fully saturated rings. The van der Waals surface area contributed by atoms with E-state index in [1.54, 1.807) is 24.3 Å². The van der Waals surface area contributed by atoms with Crippen molar-refractivity contribution in [1.82, 2.24) is 10.3 Å². The second kappa shape index (κ2) is 7.50. The fraction of sp³-hybridized carbons (Fsp3) is 0.125. The summed E-state index contributed by atoms with van der Waals surface area (Å²) in [6, 6.07) is 16.5. The van der Waals surface area contributed by atoms with Crippen LogP contribution in [-0.4, -0.2) is 20.1 Å². The largest absolute Gasteiger partial charge is 0.336 e. The van der Waals surface area contributed by atoms with E-state index in [-0.39, 0.29) is 5.91 Å². The van der Waals surface area contributed by atoms with Crippen molar-refractivity contribution in [1.29, 1.82) is 0 Å². The standard InChI is InChI=1S/C16H11Cl3N2OS2/c17-16(18,19)14(21-13(22)10-6-2-1-3-7-10)24-15-20-11-8-4-5-9-12(11)23-15/h1-9,14H,(H,21,22)/t14-/m0/s1. The molecule has 0 bridgehead atoms. The van der Waals surface area contributed by atoms with E-state index in [2.05, 4.69) is 10.3 Å². The second-order valence-electron chi connectivity index (χ2n) is 4.83. The molecule has 124 valence electrons. The van der Waals surface area contributed by atoms with Gasteiger partial charge in [-0.3, -0.25) is 4.79 Å². The zero-order chi connectivity index (χ0) is 17.2. The van der Waals surface area contributed by atoms with Crippen LogP contribution in [0.4, 0.5) is 0 Å². The summed E-state index contributed by atoms with van der Waals surface area (Å²) in [6.07, 6.45) is 0. The molecule has 1 amide bonds. The average Bonchev–Trinajstić information content (AvgIpc) is 2.96. The molecule has 1 aromatic heterocycles. The van der Waals surface area contributed by atoms with Gasteiger partial charge >= 0.3 is 0 Å². The van der Waals surface area contributed by atoms with Crippen LogP contribution in [0, 0.1) is 0 Å². The van der Waals surface area contributed by atoms with E-state index in [1.165, 1.54) is 23.1 Å². The molecule has 1 heterocycles. The zero-order valence-electron chi connectivity index (χ0n) is 12.1. The fourth-order valence-corrected chi connectivity index (χ4v) is 4.64. The molecule has 0 aliphatic carbocycles. The minimum Gasteiger partial charge on any atom is -0.336 e. The molecule has 0 aliphatic rings. The number of rotatable bonds is 4. The number of aromatic nitrogens is 1. The van der Waals surface area contributed by atoms with Gasteiger partial charge in [-0.1, -0.05) is 76.9 Å². The normalized spacial score (nSPS) is 13.0. The maximum absolute atomic E-state index is 12.3. The minimum absolute atomic E-state index is 0.305. The van der Waals surface area contributed by atoms with Gasteiger partial charge in [-0.15, -0.1) is 11.3 Å². The third-order valence-corrected chi connectivity index (χ3v) is 6.50. The summed E-state index contributed by atoms with van der Waals surface area (Å²) in [4.78, 5) is 16.8. The Balaban J connectivity index is 1.80. The van der Waals surface area contributed by atoms with Gasteiger partial charge in [-0.2, -0.15) is 0 Å². The molecule has 1 N–H and O–H groups in total. The lowest BCUT2D eigenvalue weighted by Gasteiger charge is -2.24. The van der Waals surface area contributed by atoms with Crippen LogP contribution in [-0.2, 0) is 0 Å². The molecule has 0 unspecified atom stereocenters. The third-order valence-electron chi connectivity index (χ3n) is 3.09. The van der Waals surface area contributed by atoms with Gasteiger partial charge < -0.3 is 5.32 Å². The molecule has 0 saturated carbocycles. The van der Waals surface area contributed by atoms with Crippen LogP contribution >= 0.6 is 57.9 Å². The summed E-state index contributed by atoms with van der Waals surface area (Å²) >= 11 is 20.9. The lowest BCUT2D eigenvalue weighted by atomic mass is 10.2. The van der Waals surface area contributed by atoms with Gasteiger partial charge in [0.25, 0.3) is 5.91 Å². The predicted molar refractivity (Wildman–Crippen MR) is 103 cm³/mol. The molecule has 0 aliphatic heterocycles. The van der Waals surface area contributed by atoms with E-state index in [9.17, 15) is 4.79 Å². The van der Waals surface area contributed by atoms with Crippen LogP contribution < -0.4 is 5.32 Å². The van der Waals surface area contributed by atoms with Crippen LogP contribution in [0.25, 0.3) is 10.2 Å². The molecule has 24 heavy (non-hydrogen) atoms. The predicted octanol–water partition coefficient (Wildman–Crippen LogP) is 5.51. The number of thioether (sulfide) groups is 1. The highest BCUT2D eigenvalue weighted by Crippen LogP contribution is 2.41. The average molecular weight is 418 g/mol. The number of carbonyl (C=O) groups is 1. The number of nitrogens with one attached hydrogen (secondary N) is 1. The Hall–Kier alpha value is -0.980. The number of fused-ring (bicyclic) bond motifs is 1. The number of hydrogen-bond acceptors (Lipinski definition) is 4. The molecule has 3 aromatic rings. The van der Waals surface area contributed by atoms with Crippen molar-refractivity contribution in [3.05, 3.63) is 60.2 Å². The molecule has 3 nitrogen and oxygen atoms in total. The summed E-state index contributed by atoms with van der Waals surface area (Å²) in [7, 11) is 0. The number of benzene rings is 2. The van der Waals surface area contributed by atoms with E-state index in [0.29, 0.717) is 5.56 Å². The number of hydrogen-bond donors (Lipinski definition) is 1. The summed E-state index contributed by atoms with van der Waals surface area (Å²) in [5, 5.41) is 1.99. The van der Waals surface area contributed by atoms with Gasteiger partial charge in [0.1, 0.15) is 5.37 Å². The van der Waals surface area contributed by atoms with E-state index in [1.807, 2.05) is 30.3 Å². The van der Waals surface area contributed by atoms with Crippen molar-refractivity contribution in [2.45, 2.75) is 13.5 Å². The Morgan fingerprint density at radius 1 is 1.08 bits per heavy atom. The monoisotopic (exact) mass is 416 g/mol. The summed E-state index contributed by atoms with van der Waals surface area (Å²) in [5.41, 5.74) is 1.38. The van der Waals surface area contributed by atoms with Crippen molar-refractivity contribution < 1.29 is 4.79 Å². The number of thiazole rings is 1. The first-order valence-corrected chi connectivity index (χ1v) is 9.71. The molecule has 1 atom stereocenters. The maximum atomic E-state index is 12.3. The SMILES string of the molecule is O=C(N[C@@H](Sc1nc2ccccc2s1)C(Cl)(Cl)Cl)c1ccccc1. The number of nitrogens with zero attached hydrogens (tertiary/aromatic N) is 1. The lowest BCUT2D eigenvalue weighted by Crippen LogP contribution is -2.41. The Bertz CT molecular complexity index is 816. The Morgan fingerprint density at radius 2 is 1.75 bits per heavy atom. The number of halogens is 3. The van der Waals surface area contributed by atoms with E-state index < -0.39 is 9.17 Å². The van der Waals surface area contributed by atoms with Crippen molar-refractivity contribution in [3.8, 4) is 0 Å². The Morgan fingerprint density at radius 3 is 2.42 bits per heavy atom. The summed E-state index contributed by atoms with van der Waals surface area (Å²) < 4.78 is 0.0887. The van der Waals surface area contributed by atoms with Crippen LogP contribution in [0.15, 0.2) is 58.9 Å². The zero-order valence-corrected chi connectivity index (χ0v) is 16.0. The van der Waals surface area contributed by atoms with Gasteiger partial charge in [0.2, 0.25) is 3.79 Å². The molecule has 0 spiro atoms. The van der Waals surface area contributed by atoms with E-state index in [0.717, 1.165) is 14.6 Å². The lowest BCUT2D eigenvalue weighted by molar-refractivity contribution is 0.0950. The van der Waals surface area contributed by atoms with Gasteiger partial charge in [0, 0.05) is 5.56 Å². The van der Waals surface area contributed by atoms with Crippen LogP contribution in [0.1, 0.15) is 10.4 Å². The smallest absolute Gasteiger partial charge is 0.252 e. The highest BCUT2D eigenvalue weighted by atomic mass is 35.6. The highest BCUT2D eigenvalue weighted by Gasteiger charge is 2.36. The van der Waals surface area contributed by atoms with Crippen molar-refractivity contribution >= 4 is 74.0 Å². The quantitative estimate of drug-likeness (QED) is 0.345. The highest BCUT2D eigenvalue weighted by molar-refractivity contribution is 8.02. The summed E-state index contributed by atoms with van der Waals surface area (Å²) in [5.74, 6) is -0.305. The first-order valence-electron chi connectivity index (χ1n) is 6.88. The van der Waals surface area contributed by atoms with Crippen LogP contribution in [0.2, 0.25) is 0 Å². The van der Waals surface area contributed by atoms with E-state index in [4.69, 9.17) is 34.8 Å². The molecule has 8 heteroatoms. The number of amides is 1. The maximum Gasteiger partial charge on any atom is 0.252 e.